The topological polar surface area (TPSA) is 0 Å². The molecule has 0 amide bonds. The molecule has 0 aromatic heterocycles. The lowest BCUT2D eigenvalue weighted by Gasteiger charge is -2.05. The molecule has 0 saturated heterocycles. The summed E-state index contributed by atoms with van der Waals surface area (Å²) in [7, 11) is 0. The first-order valence-electron chi connectivity index (χ1n) is 5.67. The van der Waals surface area contributed by atoms with E-state index in [2.05, 4.69) is 0 Å². The van der Waals surface area contributed by atoms with Gasteiger partial charge < -0.3 is 0 Å². The SMILES string of the molecule is CC1=C(F)C=C(c2ccc(C)cc2F)C=C(F)C1. The van der Waals surface area contributed by atoms with Gasteiger partial charge in [-0.15, -0.1) is 0 Å². The highest BCUT2D eigenvalue weighted by molar-refractivity contribution is 5.77. The van der Waals surface area contributed by atoms with Crippen LogP contribution in [0.5, 0.6) is 0 Å². The fraction of sp³-hybridized carbons (Fsp3) is 0.200. The van der Waals surface area contributed by atoms with Crippen LogP contribution in [0.3, 0.4) is 0 Å². The van der Waals surface area contributed by atoms with Gasteiger partial charge >= 0.3 is 0 Å². The molecule has 2 rings (SSSR count). The number of aryl methyl sites for hydroxylation is 1. The summed E-state index contributed by atoms with van der Waals surface area (Å²) in [4.78, 5) is 0. The third-order valence-corrected chi connectivity index (χ3v) is 2.87. The van der Waals surface area contributed by atoms with Crippen molar-refractivity contribution in [3.63, 3.8) is 0 Å². The molecular weight excluding hydrogens is 237 g/mol. The third kappa shape index (κ3) is 2.55. The summed E-state index contributed by atoms with van der Waals surface area (Å²) < 4.78 is 40.9. The van der Waals surface area contributed by atoms with Crippen molar-refractivity contribution >= 4 is 5.57 Å². The Morgan fingerprint density at radius 3 is 2.39 bits per heavy atom. The summed E-state index contributed by atoms with van der Waals surface area (Å²) in [5.74, 6) is -1.45. The van der Waals surface area contributed by atoms with E-state index in [1.54, 1.807) is 13.0 Å². The second-order valence-corrected chi connectivity index (χ2v) is 4.48. The maximum Gasteiger partial charge on any atom is 0.131 e. The number of halogens is 3. The molecule has 0 radical (unpaired) electrons. The van der Waals surface area contributed by atoms with Crippen molar-refractivity contribution in [2.75, 3.05) is 0 Å². The van der Waals surface area contributed by atoms with Crippen LogP contribution in [-0.4, -0.2) is 0 Å². The normalized spacial score (nSPS) is 16.3. The van der Waals surface area contributed by atoms with Crippen molar-refractivity contribution in [1.82, 2.24) is 0 Å². The van der Waals surface area contributed by atoms with E-state index in [1.165, 1.54) is 31.2 Å². The molecule has 0 unspecified atom stereocenters. The van der Waals surface area contributed by atoms with Crippen LogP contribution in [0.4, 0.5) is 13.2 Å². The zero-order valence-electron chi connectivity index (χ0n) is 10.2. The lowest BCUT2D eigenvalue weighted by atomic mass is 10.0. The highest BCUT2D eigenvalue weighted by Gasteiger charge is 2.13. The van der Waals surface area contributed by atoms with Gasteiger partial charge in [0.15, 0.2) is 0 Å². The summed E-state index contributed by atoms with van der Waals surface area (Å²) in [5.41, 5.74) is 1.51. The predicted molar refractivity (Wildman–Crippen MR) is 66.7 cm³/mol. The Kier molecular flexibility index (Phi) is 3.41. The molecule has 1 aromatic carbocycles. The lowest BCUT2D eigenvalue weighted by Crippen LogP contribution is -1.89. The molecule has 0 N–H and O–H groups in total. The first-order chi connectivity index (χ1) is 8.47. The number of rotatable bonds is 1. The molecule has 1 aliphatic rings. The zero-order valence-corrected chi connectivity index (χ0v) is 10.2. The number of benzene rings is 1. The highest BCUT2D eigenvalue weighted by Crippen LogP contribution is 2.30. The molecule has 0 aliphatic heterocycles. The molecule has 0 bridgehead atoms. The van der Waals surface area contributed by atoms with Gasteiger partial charge in [0, 0.05) is 12.0 Å². The summed E-state index contributed by atoms with van der Waals surface area (Å²) in [6.07, 6.45) is 2.29. The first kappa shape index (κ1) is 12.7. The molecule has 0 spiro atoms. The van der Waals surface area contributed by atoms with Crippen LogP contribution in [-0.2, 0) is 0 Å². The maximum absolute atomic E-state index is 13.8. The van der Waals surface area contributed by atoms with E-state index in [0.29, 0.717) is 5.57 Å². The van der Waals surface area contributed by atoms with E-state index in [0.717, 1.165) is 5.56 Å². The molecule has 94 valence electrons. The third-order valence-electron chi connectivity index (χ3n) is 2.87. The van der Waals surface area contributed by atoms with Gasteiger partial charge in [0.05, 0.1) is 0 Å². The van der Waals surface area contributed by atoms with Crippen LogP contribution in [0.1, 0.15) is 24.5 Å². The van der Waals surface area contributed by atoms with Gasteiger partial charge in [-0.1, -0.05) is 12.1 Å². The molecular formula is C15H13F3. The van der Waals surface area contributed by atoms with Gasteiger partial charge in [0.1, 0.15) is 17.5 Å². The molecule has 1 aliphatic carbocycles. The number of hydrogen-bond donors (Lipinski definition) is 0. The average molecular weight is 250 g/mol. The molecule has 3 heteroatoms. The minimum Gasteiger partial charge on any atom is -0.211 e. The van der Waals surface area contributed by atoms with Crippen molar-refractivity contribution in [2.45, 2.75) is 20.3 Å². The maximum atomic E-state index is 13.8. The van der Waals surface area contributed by atoms with Gasteiger partial charge in [-0.05, 0) is 48.8 Å². The van der Waals surface area contributed by atoms with Crippen LogP contribution in [0.15, 0.2) is 47.6 Å². The lowest BCUT2D eigenvalue weighted by molar-refractivity contribution is 0.597. The standard InChI is InChI=1S/C15H13F3/c1-9-3-4-13(15(18)5-9)11-7-12(16)6-10(2)14(17)8-11/h3-5,7-8H,6H2,1-2H3. The Balaban J connectivity index is 2.55. The largest absolute Gasteiger partial charge is 0.211 e. The fourth-order valence-corrected chi connectivity index (χ4v) is 1.87. The number of hydrogen-bond acceptors (Lipinski definition) is 0. The summed E-state index contributed by atoms with van der Waals surface area (Å²) >= 11 is 0. The van der Waals surface area contributed by atoms with Crippen LogP contribution >= 0.6 is 0 Å². The quantitative estimate of drug-likeness (QED) is 0.656. The van der Waals surface area contributed by atoms with Crippen molar-refractivity contribution in [2.24, 2.45) is 0 Å². The van der Waals surface area contributed by atoms with Gasteiger partial charge in [-0.3, -0.25) is 0 Å². The Hall–Kier alpha value is -1.77. The number of allylic oxidation sites excluding steroid dienone is 6. The highest BCUT2D eigenvalue weighted by atomic mass is 19.1. The molecule has 0 nitrogen and oxygen atoms in total. The molecule has 0 saturated carbocycles. The van der Waals surface area contributed by atoms with E-state index in [9.17, 15) is 13.2 Å². The Morgan fingerprint density at radius 2 is 1.72 bits per heavy atom. The monoisotopic (exact) mass is 250 g/mol. The van der Waals surface area contributed by atoms with Gasteiger partial charge in [0.25, 0.3) is 0 Å². The first-order valence-corrected chi connectivity index (χ1v) is 5.67. The minimum absolute atomic E-state index is 0.0701. The summed E-state index contributed by atoms with van der Waals surface area (Å²) in [6.45, 7) is 3.28. The van der Waals surface area contributed by atoms with Crippen LogP contribution in [0, 0.1) is 12.7 Å². The fourth-order valence-electron chi connectivity index (χ4n) is 1.87. The van der Waals surface area contributed by atoms with Crippen molar-refractivity contribution in [1.29, 1.82) is 0 Å². The Morgan fingerprint density at radius 1 is 1.00 bits per heavy atom. The summed E-state index contributed by atoms with van der Waals surface area (Å²) in [5, 5.41) is 0. The van der Waals surface area contributed by atoms with Gasteiger partial charge in [-0.2, -0.15) is 0 Å². The van der Waals surface area contributed by atoms with Crippen molar-refractivity contribution < 1.29 is 13.2 Å². The molecule has 1 aromatic rings. The summed E-state index contributed by atoms with van der Waals surface area (Å²) in [6, 6.07) is 4.60. The van der Waals surface area contributed by atoms with Gasteiger partial charge in [0.2, 0.25) is 0 Å². The predicted octanol–water partition coefficient (Wildman–Crippen LogP) is 5.02. The second-order valence-electron chi connectivity index (χ2n) is 4.48. The minimum atomic E-state index is -0.506. The van der Waals surface area contributed by atoms with Crippen molar-refractivity contribution in [3.8, 4) is 0 Å². The van der Waals surface area contributed by atoms with E-state index < -0.39 is 17.5 Å². The second kappa shape index (κ2) is 4.84. The molecule has 0 fully saturated rings. The van der Waals surface area contributed by atoms with E-state index in [4.69, 9.17) is 0 Å². The smallest absolute Gasteiger partial charge is 0.131 e. The molecule has 18 heavy (non-hydrogen) atoms. The van der Waals surface area contributed by atoms with Crippen molar-refractivity contribution in [3.05, 3.63) is 64.5 Å². The van der Waals surface area contributed by atoms with Crippen LogP contribution < -0.4 is 0 Å². The van der Waals surface area contributed by atoms with E-state index in [-0.39, 0.29) is 17.6 Å². The Bertz CT molecular complexity index is 577. The van der Waals surface area contributed by atoms with Crippen LogP contribution in [0.25, 0.3) is 5.57 Å². The van der Waals surface area contributed by atoms with E-state index >= 15 is 0 Å². The van der Waals surface area contributed by atoms with Gasteiger partial charge in [-0.25, -0.2) is 13.2 Å². The van der Waals surface area contributed by atoms with Crippen LogP contribution in [0.2, 0.25) is 0 Å². The molecule has 0 atom stereocenters. The Labute approximate surface area is 104 Å². The average Bonchev–Trinajstić information content (AvgIpc) is 2.38. The zero-order chi connectivity index (χ0) is 13.3. The molecule has 0 heterocycles. The van der Waals surface area contributed by atoms with E-state index in [1.807, 2.05) is 0 Å².